The molecule has 4 aromatic rings. The van der Waals surface area contributed by atoms with E-state index in [-0.39, 0.29) is 11.5 Å². The number of rotatable bonds is 6. The van der Waals surface area contributed by atoms with Crippen molar-refractivity contribution in [3.05, 3.63) is 95.1 Å². The Morgan fingerprint density at radius 1 is 0.972 bits per heavy atom. The van der Waals surface area contributed by atoms with Gasteiger partial charge in [-0.1, -0.05) is 54.1 Å². The van der Waals surface area contributed by atoms with Crippen LogP contribution in [0, 0.1) is 0 Å². The zero-order valence-electron chi connectivity index (χ0n) is 18.9. The summed E-state index contributed by atoms with van der Waals surface area (Å²) in [6.45, 7) is -0.577. The molecule has 0 aliphatic carbocycles. The first-order chi connectivity index (χ1) is 17.4. The minimum Gasteiger partial charge on any atom is -0.480 e. The minimum absolute atomic E-state index is 0.165. The predicted octanol–water partition coefficient (Wildman–Crippen LogP) is 2.69. The quantitative estimate of drug-likeness (QED) is 0.295. The lowest BCUT2D eigenvalue weighted by Crippen LogP contribution is -2.60. The third-order valence-corrected chi connectivity index (χ3v) is 6.52. The highest BCUT2D eigenvalue weighted by Crippen LogP contribution is 2.36. The number of hydrogen-bond donors (Lipinski definition) is 4. The van der Waals surface area contributed by atoms with Gasteiger partial charge in [-0.2, -0.15) is 0 Å². The average Bonchev–Trinajstić information content (AvgIpc) is 3.25. The Hall–Kier alpha value is -3.24. The summed E-state index contributed by atoms with van der Waals surface area (Å²) in [7, 11) is 0. The number of fused-ring (bicyclic) bond motifs is 1. The third kappa shape index (κ3) is 4.39. The van der Waals surface area contributed by atoms with E-state index in [2.05, 4.69) is 0 Å². The molecule has 9 heteroatoms. The van der Waals surface area contributed by atoms with E-state index < -0.39 is 37.3 Å². The van der Waals surface area contributed by atoms with Crippen molar-refractivity contribution in [1.82, 2.24) is 4.57 Å². The van der Waals surface area contributed by atoms with Crippen molar-refractivity contribution in [2.24, 2.45) is 0 Å². The molecule has 1 saturated heterocycles. The van der Waals surface area contributed by atoms with Crippen LogP contribution in [-0.4, -0.2) is 68.1 Å². The lowest BCUT2D eigenvalue weighted by Gasteiger charge is -2.39. The Balaban J connectivity index is 1.59. The summed E-state index contributed by atoms with van der Waals surface area (Å²) >= 11 is 6.30. The number of halogens is 1. The molecule has 1 aromatic heterocycles. The van der Waals surface area contributed by atoms with Crippen molar-refractivity contribution in [3.63, 3.8) is 0 Å². The van der Waals surface area contributed by atoms with E-state index in [4.69, 9.17) is 21.1 Å². The van der Waals surface area contributed by atoms with Gasteiger partial charge in [0.1, 0.15) is 24.1 Å². The Kier molecular flexibility index (Phi) is 6.81. The van der Waals surface area contributed by atoms with Gasteiger partial charge in [0, 0.05) is 21.5 Å². The summed E-state index contributed by atoms with van der Waals surface area (Å²) in [5, 5.41) is 41.6. The molecule has 2 heterocycles. The van der Waals surface area contributed by atoms with Gasteiger partial charge in [0.2, 0.25) is 0 Å². The molecule has 0 bridgehead atoms. The van der Waals surface area contributed by atoms with Crippen molar-refractivity contribution < 1.29 is 34.7 Å². The van der Waals surface area contributed by atoms with Crippen LogP contribution in [-0.2, 0) is 4.74 Å². The van der Waals surface area contributed by atoms with Crippen LogP contribution in [0.2, 0.25) is 5.02 Å². The van der Waals surface area contributed by atoms with E-state index >= 15 is 0 Å². The van der Waals surface area contributed by atoms with Crippen LogP contribution in [0.15, 0.2) is 79.0 Å². The highest BCUT2D eigenvalue weighted by molar-refractivity contribution is 6.31. The maximum absolute atomic E-state index is 13.3. The number of hydrogen-bond acceptors (Lipinski definition) is 7. The molecule has 0 amide bonds. The third-order valence-electron chi connectivity index (χ3n) is 6.28. The molecule has 186 valence electrons. The average molecular weight is 510 g/mol. The number of carbonyl (C=O) groups excluding carboxylic acids is 1. The van der Waals surface area contributed by atoms with Gasteiger partial charge >= 0.3 is 0 Å². The second-order valence-corrected chi connectivity index (χ2v) is 8.98. The van der Waals surface area contributed by atoms with E-state index in [1.165, 1.54) is 0 Å². The Morgan fingerprint density at radius 2 is 1.69 bits per heavy atom. The van der Waals surface area contributed by atoms with Crippen LogP contribution in [0.1, 0.15) is 15.9 Å². The molecule has 4 N–H and O–H groups in total. The van der Waals surface area contributed by atoms with E-state index in [1.807, 2.05) is 12.1 Å². The van der Waals surface area contributed by atoms with Crippen LogP contribution in [0.4, 0.5) is 0 Å². The second kappa shape index (κ2) is 10.0. The highest BCUT2D eigenvalue weighted by atomic mass is 35.5. The minimum atomic E-state index is -1.60. The van der Waals surface area contributed by atoms with Gasteiger partial charge in [0.05, 0.1) is 24.0 Å². The Morgan fingerprint density at radius 3 is 2.44 bits per heavy atom. The molecule has 8 nitrogen and oxygen atoms in total. The number of ketones is 1. The normalized spacial score (nSPS) is 24.1. The van der Waals surface area contributed by atoms with Crippen molar-refractivity contribution in [2.75, 3.05) is 6.61 Å². The summed E-state index contributed by atoms with van der Waals surface area (Å²) in [6, 6.07) is 21.1. The number of aliphatic hydroxyl groups is 4. The van der Waals surface area contributed by atoms with Gasteiger partial charge < -0.3 is 34.5 Å². The number of ether oxygens (including phenoxy) is 2. The van der Waals surface area contributed by atoms with Crippen LogP contribution in [0.5, 0.6) is 5.75 Å². The van der Waals surface area contributed by atoms with Gasteiger partial charge in [0.25, 0.3) is 0 Å². The van der Waals surface area contributed by atoms with Gasteiger partial charge in [0.15, 0.2) is 18.2 Å². The summed E-state index contributed by atoms with van der Waals surface area (Å²) in [5.74, 6) is 0.104. The fourth-order valence-electron chi connectivity index (χ4n) is 4.43. The van der Waals surface area contributed by atoms with Crippen molar-refractivity contribution in [1.29, 1.82) is 0 Å². The summed E-state index contributed by atoms with van der Waals surface area (Å²) in [6.07, 6.45) is -5.44. The van der Waals surface area contributed by atoms with E-state index in [0.29, 0.717) is 32.7 Å². The summed E-state index contributed by atoms with van der Waals surface area (Å²) in [5.41, 5.74) is 2.19. The van der Waals surface area contributed by atoms with Crippen molar-refractivity contribution in [2.45, 2.75) is 30.7 Å². The smallest absolute Gasteiger partial charge is 0.195 e. The highest BCUT2D eigenvalue weighted by Gasteiger charge is 2.45. The number of aromatic nitrogens is 1. The van der Waals surface area contributed by atoms with Crippen molar-refractivity contribution >= 4 is 28.3 Å². The molecule has 0 unspecified atom stereocenters. The monoisotopic (exact) mass is 509 g/mol. The number of carbonyl (C=O) groups is 1. The van der Waals surface area contributed by atoms with Crippen LogP contribution >= 0.6 is 11.6 Å². The van der Waals surface area contributed by atoms with Gasteiger partial charge in [-0.3, -0.25) is 4.79 Å². The van der Waals surface area contributed by atoms with Crippen LogP contribution in [0.25, 0.3) is 16.6 Å². The number of aliphatic hydroxyl groups excluding tert-OH is 4. The van der Waals surface area contributed by atoms with Gasteiger partial charge in [-0.25, -0.2) is 0 Å². The lowest BCUT2D eigenvalue weighted by molar-refractivity contribution is -0.280. The van der Waals surface area contributed by atoms with Crippen molar-refractivity contribution in [3.8, 4) is 11.4 Å². The number of benzene rings is 3. The molecule has 3 aromatic carbocycles. The fourth-order valence-corrected chi connectivity index (χ4v) is 4.59. The fraction of sp³-hybridized carbons (Fsp3) is 0.222. The molecule has 36 heavy (non-hydrogen) atoms. The van der Waals surface area contributed by atoms with Gasteiger partial charge in [-0.05, 0) is 30.3 Å². The Labute approximate surface area is 211 Å². The Bertz CT molecular complexity index is 1390. The molecule has 0 spiro atoms. The van der Waals surface area contributed by atoms with Gasteiger partial charge in [-0.15, -0.1) is 0 Å². The second-order valence-electron chi connectivity index (χ2n) is 8.55. The number of nitrogens with zero attached hydrogens (tertiary/aromatic N) is 1. The summed E-state index contributed by atoms with van der Waals surface area (Å²) in [4.78, 5) is 13.3. The first-order valence-electron chi connectivity index (χ1n) is 11.4. The maximum atomic E-state index is 13.3. The molecule has 0 radical (unpaired) electrons. The van der Waals surface area contributed by atoms with E-state index in [1.54, 1.807) is 71.4 Å². The first-order valence-corrected chi connectivity index (χ1v) is 11.7. The molecular weight excluding hydrogens is 486 g/mol. The maximum Gasteiger partial charge on any atom is 0.195 e. The molecule has 1 fully saturated rings. The molecular formula is C27H24ClNO7. The zero-order chi connectivity index (χ0) is 25.4. The molecule has 1 aliphatic heterocycles. The SMILES string of the molecule is O=C(c1ccccc1)c1ccccc1-n1cc(O[C@@H]2[C@@H](O)[C@H](O)[C@@H](CO)O[C@@H]2O)c2ccc(Cl)cc21. The van der Waals surface area contributed by atoms with Crippen LogP contribution < -0.4 is 4.74 Å². The molecule has 0 saturated carbocycles. The molecule has 5 atom stereocenters. The zero-order valence-corrected chi connectivity index (χ0v) is 19.7. The number of para-hydroxylation sites is 1. The van der Waals surface area contributed by atoms with Crippen LogP contribution in [0.3, 0.4) is 0 Å². The molecule has 1 aliphatic rings. The first kappa shape index (κ1) is 24.5. The predicted molar refractivity (Wildman–Crippen MR) is 133 cm³/mol. The van der Waals surface area contributed by atoms with E-state index in [0.717, 1.165) is 0 Å². The largest absolute Gasteiger partial charge is 0.480 e. The topological polar surface area (TPSA) is 121 Å². The molecule has 5 rings (SSSR count). The lowest BCUT2D eigenvalue weighted by atomic mass is 9.99. The standard InChI is InChI=1S/C27H24ClNO7/c28-16-10-11-17-20(12-16)29(13-21(17)35-26-25(33)24(32)22(14-30)36-27(26)34)19-9-5-4-8-18(19)23(31)15-6-2-1-3-7-15/h1-13,22,24-27,30,32-34H,14H2/t22-,24-,25+,26-,27+/m1/s1. The van der Waals surface area contributed by atoms with E-state index in [9.17, 15) is 25.2 Å². The summed E-state index contributed by atoms with van der Waals surface area (Å²) < 4.78 is 12.9.